The van der Waals surface area contributed by atoms with Crippen molar-refractivity contribution < 1.29 is 29.0 Å². The molecular formula is C30H39N5O6. The molecule has 11 heteroatoms. The van der Waals surface area contributed by atoms with Crippen molar-refractivity contribution in [2.75, 3.05) is 26.3 Å². The van der Waals surface area contributed by atoms with E-state index in [4.69, 9.17) is 14.6 Å². The van der Waals surface area contributed by atoms with Crippen LogP contribution >= 0.6 is 0 Å². The molecule has 41 heavy (non-hydrogen) atoms. The van der Waals surface area contributed by atoms with Crippen LogP contribution in [0.2, 0.25) is 0 Å². The third-order valence-corrected chi connectivity index (χ3v) is 8.57. The van der Waals surface area contributed by atoms with Crippen LogP contribution in [0.3, 0.4) is 0 Å². The summed E-state index contributed by atoms with van der Waals surface area (Å²) in [5, 5.41) is 17.6. The van der Waals surface area contributed by atoms with Gasteiger partial charge in [-0.2, -0.15) is 0 Å². The molecule has 0 radical (unpaired) electrons. The number of hydrogen-bond donors (Lipinski definition) is 1. The number of likely N-dealkylation sites (tertiary alicyclic amines) is 1. The highest BCUT2D eigenvalue weighted by Gasteiger charge is 2.75. The van der Waals surface area contributed by atoms with Crippen LogP contribution in [0.25, 0.3) is 11.0 Å². The minimum Gasteiger partial charge on any atom is -0.465 e. The SMILES string of the molecule is C=CCCOC(=O)[C@@H]1[C@H]2C(=O)N(CCCCCCO)C(C(=O)N(CC=C)Cn3nnc4ccccc43)C23CC[C@H]1O3. The van der Waals surface area contributed by atoms with E-state index in [1.54, 1.807) is 26.6 Å². The second-order valence-corrected chi connectivity index (χ2v) is 11.0. The number of aliphatic hydroxyl groups excluding tert-OH is 1. The Balaban J connectivity index is 1.45. The summed E-state index contributed by atoms with van der Waals surface area (Å²) < 4.78 is 13.7. The number of amides is 2. The highest BCUT2D eigenvalue weighted by atomic mass is 16.6. The molecule has 2 aromatic rings. The Kier molecular flexibility index (Phi) is 8.84. The number of aliphatic hydroxyl groups is 1. The molecule has 2 unspecified atom stereocenters. The molecule has 0 saturated carbocycles. The topological polar surface area (TPSA) is 127 Å². The first-order valence-corrected chi connectivity index (χ1v) is 14.5. The maximum Gasteiger partial charge on any atom is 0.312 e. The van der Waals surface area contributed by atoms with Crippen molar-refractivity contribution in [1.29, 1.82) is 0 Å². The Labute approximate surface area is 239 Å². The lowest BCUT2D eigenvalue weighted by atomic mass is 9.70. The standard InChI is InChI=1S/C30H39N5O6/c1-3-5-19-40-29(39)24-23-14-15-30(41-23)25(24)27(37)34(17-10-6-7-11-18-36)26(30)28(38)33(16-4-2)20-35-22-13-9-8-12-21(22)31-32-35/h3-4,8-9,12-13,23-26,36H,1-2,5-7,10-11,14-20H2/t23-,24+,25+,26?,30?/m1/s1. The molecule has 2 amide bonds. The van der Waals surface area contributed by atoms with Gasteiger partial charge in [0.1, 0.15) is 23.8 Å². The lowest BCUT2D eigenvalue weighted by molar-refractivity contribution is -0.155. The Bertz CT molecular complexity index is 1300. The summed E-state index contributed by atoms with van der Waals surface area (Å²) >= 11 is 0. The van der Waals surface area contributed by atoms with Crippen molar-refractivity contribution in [3.05, 3.63) is 49.6 Å². The average Bonchev–Trinajstić information content (AvgIpc) is 3.72. The maximum absolute atomic E-state index is 14.5. The molecule has 1 aromatic heterocycles. The highest BCUT2D eigenvalue weighted by molar-refractivity contribution is 5.98. The fourth-order valence-corrected chi connectivity index (χ4v) is 6.76. The number of carbonyl (C=O) groups is 3. The van der Waals surface area contributed by atoms with Crippen molar-refractivity contribution in [3.63, 3.8) is 0 Å². The summed E-state index contributed by atoms with van der Waals surface area (Å²) in [6, 6.07) is 6.63. The predicted octanol–water partition coefficient (Wildman–Crippen LogP) is 2.45. The molecule has 220 valence electrons. The van der Waals surface area contributed by atoms with Gasteiger partial charge in [-0.3, -0.25) is 14.4 Å². The van der Waals surface area contributed by atoms with Crippen molar-refractivity contribution in [2.24, 2.45) is 11.8 Å². The minimum absolute atomic E-state index is 0.118. The van der Waals surface area contributed by atoms with E-state index in [1.165, 1.54) is 0 Å². The molecule has 2 bridgehead atoms. The minimum atomic E-state index is -1.10. The largest absolute Gasteiger partial charge is 0.465 e. The summed E-state index contributed by atoms with van der Waals surface area (Å²) in [6.07, 6.45) is 7.45. The van der Waals surface area contributed by atoms with Gasteiger partial charge in [0.15, 0.2) is 0 Å². The Morgan fingerprint density at radius 3 is 2.78 bits per heavy atom. The molecule has 0 aliphatic carbocycles. The number of hydrogen-bond acceptors (Lipinski definition) is 8. The van der Waals surface area contributed by atoms with Gasteiger partial charge in [0.05, 0.1) is 30.1 Å². The van der Waals surface area contributed by atoms with Gasteiger partial charge in [0.2, 0.25) is 11.8 Å². The molecule has 1 N–H and O–H groups in total. The van der Waals surface area contributed by atoms with Gasteiger partial charge in [-0.05, 0) is 44.2 Å². The number of unbranched alkanes of at least 4 members (excludes halogenated alkanes) is 3. The lowest BCUT2D eigenvalue weighted by Gasteiger charge is -2.36. The maximum atomic E-state index is 14.5. The number of rotatable bonds is 15. The number of ether oxygens (including phenoxy) is 2. The van der Waals surface area contributed by atoms with E-state index < -0.39 is 35.6 Å². The lowest BCUT2D eigenvalue weighted by Crippen LogP contribution is -2.56. The normalized spacial score (nSPS) is 26.4. The van der Waals surface area contributed by atoms with Crippen LogP contribution in [-0.4, -0.2) is 91.7 Å². The molecule has 3 fully saturated rings. The monoisotopic (exact) mass is 565 g/mol. The van der Waals surface area contributed by atoms with Gasteiger partial charge in [-0.1, -0.05) is 42.3 Å². The summed E-state index contributed by atoms with van der Waals surface area (Å²) in [7, 11) is 0. The summed E-state index contributed by atoms with van der Waals surface area (Å²) in [4.78, 5) is 45.0. The predicted molar refractivity (Wildman–Crippen MR) is 150 cm³/mol. The van der Waals surface area contributed by atoms with Gasteiger partial charge in [0, 0.05) is 19.7 Å². The van der Waals surface area contributed by atoms with Crippen LogP contribution in [0.5, 0.6) is 0 Å². The Morgan fingerprint density at radius 2 is 2.00 bits per heavy atom. The number of para-hydroxylation sites is 1. The number of esters is 1. The molecule has 4 heterocycles. The van der Waals surface area contributed by atoms with E-state index in [9.17, 15) is 14.4 Å². The molecule has 11 nitrogen and oxygen atoms in total. The third-order valence-electron chi connectivity index (χ3n) is 8.57. The van der Waals surface area contributed by atoms with Crippen LogP contribution in [-0.2, 0) is 30.5 Å². The van der Waals surface area contributed by atoms with Gasteiger partial charge in [-0.15, -0.1) is 18.3 Å². The zero-order valence-electron chi connectivity index (χ0n) is 23.4. The fraction of sp³-hybridized carbons (Fsp3) is 0.567. The highest BCUT2D eigenvalue weighted by Crippen LogP contribution is 2.58. The fourth-order valence-electron chi connectivity index (χ4n) is 6.76. The van der Waals surface area contributed by atoms with Crippen LogP contribution in [0.4, 0.5) is 0 Å². The molecule has 5 rings (SSSR count). The third kappa shape index (κ3) is 5.28. The number of fused-ring (bicyclic) bond motifs is 2. The average molecular weight is 566 g/mol. The summed E-state index contributed by atoms with van der Waals surface area (Å²) in [5.41, 5.74) is 0.401. The van der Waals surface area contributed by atoms with Gasteiger partial charge < -0.3 is 24.4 Å². The summed E-state index contributed by atoms with van der Waals surface area (Å²) in [6.45, 7) is 8.55. The quantitative estimate of drug-likeness (QED) is 0.198. The molecular weight excluding hydrogens is 526 g/mol. The molecule has 1 aromatic carbocycles. The number of carbonyl (C=O) groups excluding carboxylic acids is 3. The second-order valence-electron chi connectivity index (χ2n) is 11.0. The van der Waals surface area contributed by atoms with Crippen LogP contribution < -0.4 is 0 Å². The number of benzene rings is 1. The van der Waals surface area contributed by atoms with E-state index in [0.717, 1.165) is 18.4 Å². The zero-order valence-corrected chi connectivity index (χ0v) is 23.4. The smallest absolute Gasteiger partial charge is 0.312 e. The molecule has 1 spiro atoms. The molecule has 3 aliphatic heterocycles. The Hall–Kier alpha value is -3.57. The van der Waals surface area contributed by atoms with E-state index >= 15 is 0 Å². The van der Waals surface area contributed by atoms with Crippen molar-refractivity contribution >= 4 is 28.8 Å². The van der Waals surface area contributed by atoms with Crippen LogP contribution in [0.15, 0.2) is 49.6 Å². The zero-order chi connectivity index (χ0) is 29.0. The molecule has 3 saturated heterocycles. The molecule has 3 aliphatic rings. The van der Waals surface area contributed by atoms with E-state index in [2.05, 4.69) is 23.5 Å². The first-order chi connectivity index (χ1) is 20.0. The van der Waals surface area contributed by atoms with Gasteiger partial charge in [0.25, 0.3) is 0 Å². The van der Waals surface area contributed by atoms with E-state index in [0.29, 0.717) is 44.2 Å². The van der Waals surface area contributed by atoms with E-state index in [1.807, 2.05) is 24.3 Å². The Morgan fingerprint density at radius 1 is 1.20 bits per heavy atom. The van der Waals surface area contributed by atoms with Crippen molar-refractivity contribution in [2.45, 2.75) is 69.4 Å². The molecule has 5 atom stereocenters. The van der Waals surface area contributed by atoms with Crippen LogP contribution in [0, 0.1) is 11.8 Å². The van der Waals surface area contributed by atoms with Crippen LogP contribution in [0.1, 0.15) is 44.9 Å². The van der Waals surface area contributed by atoms with E-state index in [-0.39, 0.29) is 38.2 Å². The number of aromatic nitrogens is 3. The number of nitrogens with zero attached hydrogens (tertiary/aromatic N) is 5. The van der Waals surface area contributed by atoms with Gasteiger partial charge >= 0.3 is 5.97 Å². The second kappa shape index (κ2) is 12.5. The van der Waals surface area contributed by atoms with Crippen molar-refractivity contribution in [1.82, 2.24) is 24.8 Å². The van der Waals surface area contributed by atoms with Gasteiger partial charge in [-0.25, -0.2) is 4.68 Å². The van der Waals surface area contributed by atoms with Crippen molar-refractivity contribution in [3.8, 4) is 0 Å². The first kappa shape index (κ1) is 28.9. The summed E-state index contributed by atoms with van der Waals surface area (Å²) in [5.74, 6) is -2.48. The first-order valence-electron chi connectivity index (χ1n) is 14.5.